The smallest absolute Gasteiger partial charge is 0.190 e. The van der Waals surface area contributed by atoms with E-state index in [9.17, 15) is 4.39 Å². The van der Waals surface area contributed by atoms with Crippen LogP contribution in [0.2, 0.25) is 0 Å². The van der Waals surface area contributed by atoms with Gasteiger partial charge in [0.15, 0.2) is 17.2 Å². The molecule has 3 aromatic rings. The Morgan fingerprint density at radius 1 is 1.22 bits per heavy atom. The maximum absolute atomic E-state index is 13.8. The highest BCUT2D eigenvalue weighted by Crippen LogP contribution is 2.24. The van der Waals surface area contributed by atoms with Crippen LogP contribution in [0.1, 0.15) is 0 Å². The van der Waals surface area contributed by atoms with E-state index in [-0.39, 0.29) is 5.69 Å². The molecule has 4 nitrogen and oxygen atoms in total. The highest BCUT2D eigenvalue weighted by Gasteiger charge is 2.11. The Hall–Kier alpha value is -2.74. The maximum Gasteiger partial charge on any atom is 0.190 e. The Morgan fingerprint density at radius 3 is 2.83 bits per heavy atom. The zero-order valence-corrected chi connectivity index (χ0v) is 9.21. The number of aromatic nitrogens is 3. The third-order valence-corrected chi connectivity index (χ3v) is 2.56. The minimum Gasteiger partial charge on any atom is -0.238 e. The van der Waals surface area contributed by atoms with Gasteiger partial charge in [0.25, 0.3) is 0 Å². The molecule has 0 saturated heterocycles. The second-order valence-electron chi connectivity index (χ2n) is 3.71. The van der Waals surface area contributed by atoms with Gasteiger partial charge < -0.3 is 0 Å². The van der Waals surface area contributed by atoms with Crippen molar-refractivity contribution in [1.82, 2.24) is 14.6 Å². The molecule has 0 aliphatic rings. The molecular formula is C13H7FN4. The van der Waals surface area contributed by atoms with E-state index < -0.39 is 5.82 Å². The first kappa shape index (κ1) is 10.4. The molecule has 0 saturated carbocycles. The van der Waals surface area contributed by atoms with Crippen molar-refractivity contribution in [2.75, 3.05) is 0 Å². The molecule has 2 heterocycles. The van der Waals surface area contributed by atoms with Gasteiger partial charge in [0.2, 0.25) is 0 Å². The summed E-state index contributed by atoms with van der Waals surface area (Å²) >= 11 is 0. The van der Waals surface area contributed by atoms with E-state index in [0.29, 0.717) is 17.0 Å². The zero-order valence-electron chi connectivity index (χ0n) is 9.21. The fourth-order valence-corrected chi connectivity index (χ4v) is 1.70. The average Bonchev–Trinajstić information content (AvgIpc) is 2.81. The number of hydrogen-bond acceptors (Lipinski definition) is 2. The molecule has 3 rings (SSSR count). The summed E-state index contributed by atoms with van der Waals surface area (Å²) in [5.41, 5.74) is 1.22. The lowest BCUT2D eigenvalue weighted by molar-refractivity contribution is 0.630. The second-order valence-corrected chi connectivity index (χ2v) is 3.71. The molecule has 0 unspecified atom stereocenters. The summed E-state index contributed by atoms with van der Waals surface area (Å²) in [6, 6.07) is 9.72. The van der Waals surface area contributed by atoms with Crippen LogP contribution in [0.4, 0.5) is 10.1 Å². The highest BCUT2D eigenvalue weighted by molar-refractivity contribution is 5.62. The van der Waals surface area contributed by atoms with E-state index in [1.807, 2.05) is 12.1 Å². The van der Waals surface area contributed by atoms with Gasteiger partial charge in [-0.2, -0.15) is 0 Å². The van der Waals surface area contributed by atoms with E-state index in [2.05, 4.69) is 14.9 Å². The Morgan fingerprint density at radius 2 is 2.11 bits per heavy atom. The van der Waals surface area contributed by atoms with Gasteiger partial charge in [-0.15, -0.1) is 5.10 Å². The Bertz CT molecular complexity index is 737. The fourth-order valence-electron chi connectivity index (χ4n) is 1.70. The van der Waals surface area contributed by atoms with Gasteiger partial charge in [-0.25, -0.2) is 18.7 Å². The van der Waals surface area contributed by atoms with Crippen LogP contribution in [-0.2, 0) is 0 Å². The quantitative estimate of drug-likeness (QED) is 0.610. The van der Waals surface area contributed by atoms with E-state index in [1.54, 1.807) is 22.8 Å². The molecule has 0 fully saturated rings. The molecule has 0 amide bonds. The summed E-state index contributed by atoms with van der Waals surface area (Å²) in [7, 11) is 0. The number of rotatable bonds is 1. The van der Waals surface area contributed by atoms with Crippen molar-refractivity contribution in [3.8, 4) is 11.4 Å². The summed E-state index contributed by atoms with van der Waals surface area (Å²) in [4.78, 5) is 7.41. The minimum atomic E-state index is -0.487. The molecule has 2 aromatic heterocycles. The third-order valence-electron chi connectivity index (χ3n) is 2.56. The topological polar surface area (TPSA) is 34.5 Å². The monoisotopic (exact) mass is 238 g/mol. The number of benzene rings is 1. The van der Waals surface area contributed by atoms with Crippen LogP contribution in [0.3, 0.4) is 0 Å². The van der Waals surface area contributed by atoms with Gasteiger partial charge in [0, 0.05) is 6.20 Å². The molecule has 86 valence electrons. The zero-order chi connectivity index (χ0) is 12.5. The van der Waals surface area contributed by atoms with Crippen LogP contribution in [0.5, 0.6) is 0 Å². The third kappa shape index (κ3) is 1.60. The van der Waals surface area contributed by atoms with Gasteiger partial charge in [-0.1, -0.05) is 18.2 Å². The molecule has 0 atom stereocenters. The molecular weight excluding hydrogens is 231 g/mol. The fraction of sp³-hybridized carbons (Fsp3) is 0. The lowest BCUT2D eigenvalue weighted by atomic mass is 10.2. The van der Waals surface area contributed by atoms with Crippen molar-refractivity contribution in [2.24, 2.45) is 0 Å². The largest absolute Gasteiger partial charge is 0.238 e. The highest BCUT2D eigenvalue weighted by atomic mass is 19.1. The Balaban J connectivity index is 2.17. The summed E-state index contributed by atoms with van der Waals surface area (Å²) in [5.74, 6) is -0.172. The van der Waals surface area contributed by atoms with E-state index >= 15 is 0 Å². The van der Waals surface area contributed by atoms with Crippen molar-refractivity contribution < 1.29 is 4.39 Å². The normalized spacial score (nSPS) is 10.4. The molecule has 18 heavy (non-hydrogen) atoms. The average molecular weight is 238 g/mol. The molecule has 5 heteroatoms. The van der Waals surface area contributed by atoms with E-state index in [1.165, 1.54) is 12.1 Å². The Labute approximate surface area is 102 Å². The van der Waals surface area contributed by atoms with Crippen molar-refractivity contribution in [1.29, 1.82) is 0 Å². The van der Waals surface area contributed by atoms with Crippen LogP contribution in [0.15, 0.2) is 42.6 Å². The van der Waals surface area contributed by atoms with Crippen LogP contribution < -0.4 is 0 Å². The molecule has 0 aliphatic heterocycles. The lowest BCUT2D eigenvalue weighted by Gasteiger charge is -1.97. The lowest BCUT2D eigenvalue weighted by Crippen LogP contribution is -1.87. The number of hydrogen-bond donors (Lipinski definition) is 0. The van der Waals surface area contributed by atoms with Gasteiger partial charge >= 0.3 is 0 Å². The summed E-state index contributed by atoms with van der Waals surface area (Å²) in [6.07, 6.45) is 1.75. The summed E-state index contributed by atoms with van der Waals surface area (Å²) in [6.45, 7) is 6.83. The predicted molar refractivity (Wildman–Crippen MR) is 64.6 cm³/mol. The maximum atomic E-state index is 13.8. The van der Waals surface area contributed by atoms with Gasteiger partial charge in [0.1, 0.15) is 5.82 Å². The summed E-state index contributed by atoms with van der Waals surface area (Å²) < 4.78 is 15.4. The number of nitrogens with zero attached hydrogens (tertiary/aromatic N) is 4. The molecule has 0 N–H and O–H groups in total. The molecule has 1 aromatic carbocycles. The van der Waals surface area contributed by atoms with Crippen LogP contribution in [0, 0.1) is 12.4 Å². The van der Waals surface area contributed by atoms with Crippen LogP contribution in [0.25, 0.3) is 21.9 Å². The van der Waals surface area contributed by atoms with Crippen LogP contribution in [-0.4, -0.2) is 14.6 Å². The number of fused-ring (bicyclic) bond motifs is 1. The first-order valence-corrected chi connectivity index (χ1v) is 5.27. The number of halogens is 1. The molecule has 0 bridgehead atoms. The van der Waals surface area contributed by atoms with Crippen molar-refractivity contribution in [3.63, 3.8) is 0 Å². The van der Waals surface area contributed by atoms with Gasteiger partial charge in [-0.05, 0) is 18.2 Å². The van der Waals surface area contributed by atoms with Crippen molar-refractivity contribution in [3.05, 3.63) is 59.8 Å². The minimum absolute atomic E-state index is 0.264. The first-order chi connectivity index (χ1) is 8.78. The van der Waals surface area contributed by atoms with Crippen molar-refractivity contribution >= 4 is 11.3 Å². The SMILES string of the molecule is [C-]#[N+]c1ccc(-c2nc3ccccn3n2)c(F)c1. The standard InChI is InChI=1S/C13H7FN4/c1-15-9-5-6-10(11(14)8-9)13-16-12-4-2-3-7-18(12)17-13/h2-8H. The van der Waals surface area contributed by atoms with E-state index in [4.69, 9.17) is 6.57 Å². The predicted octanol–water partition coefficient (Wildman–Crippen LogP) is 3.09. The Kier molecular flexibility index (Phi) is 2.27. The van der Waals surface area contributed by atoms with Gasteiger partial charge in [-0.3, -0.25) is 0 Å². The molecule has 0 radical (unpaired) electrons. The second kappa shape index (κ2) is 3.93. The van der Waals surface area contributed by atoms with Gasteiger partial charge in [0.05, 0.1) is 12.1 Å². The molecule has 0 spiro atoms. The molecule has 0 aliphatic carbocycles. The van der Waals surface area contributed by atoms with Crippen molar-refractivity contribution in [2.45, 2.75) is 0 Å². The van der Waals surface area contributed by atoms with E-state index in [0.717, 1.165) is 0 Å². The first-order valence-electron chi connectivity index (χ1n) is 5.27. The van der Waals surface area contributed by atoms with Crippen LogP contribution >= 0.6 is 0 Å². The summed E-state index contributed by atoms with van der Waals surface area (Å²) in [5, 5.41) is 4.19. The number of pyridine rings is 1.